The van der Waals surface area contributed by atoms with Gasteiger partial charge in [-0.15, -0.1) is 0 Å². The molecule has 1 heterocycles. The molecule has 0 unspecified atom stereocenters. The standard InChI is InChI=1S/C9H15N3/c1-7-4-9(11-3)12-6-8(7)5-10-2/h4,6,10H,5H2,1-3H3,(H,11,12). The van der Waals surface area contributed by atoms with Crippen molar-refractivity contribution in [3.8, 4) is 0 Å². The molecular formula is C9H15N3. The minimum Gasteiger partial charge on any atom is -0.373 e. The van der Waals surface area contributed by atoms with E-state index in [0.717, 1.165) is 12.4 Å². The zero-order valence-corrected chi connectivity index (χ0v) is 7.81. The predicted molar refractivity (Wildman–Crippen MR) is 51.3 cm³/mol. The van der Waals surface area contributed by atoms with Crippen LogP contribution in [0.25, 0.3) is 0 Å². The van der Waals surface area contributed by atoms with Crippen LogP contribution in [-0.4, -0.2) is 19.1 Å². The SMILES string of the molecule is CNCc1cnc(NC)cc1C. The topological polar surface area (TPSA) is 37.0 Å². The molecule has 3 heteroatoms. The molecule has 0 spiro atoms. The van der Waals surface area contributed by atoms with Crippen LogP contribution in [0, 0.1) is 6.92 Å². The second-order valence-corrected chi connectivity index (χ2v) is 2.78. The van der Waals surface area contributed by atoms with Crippen molar-refractivity contribution in [2.75, 3.05) is 19.4 Å². The Morgan fingerprint density at radius 1 is 1.42 bits per heavy atom. The third kappa shape index (κ3) is 1.95. The van der Waals surface area contributed by atoms with Crippen LogP contribution in [0.4, 0.5) is 5.82 Å². The minimum atomic E-state index is 0.878. The molecule has 0 radical (unpaired) electrons. The largest absolute Gasteiger partial charge is 0.373 e. The number of nitrogens with zero attached hydrogens (tertiary/aromatic N) is 1. The van der Waals surface area contributed by atoms with Gasteiger partial charge in [0.05, 0.1) is 0 Å². The van der Waals surface area contributed by atoms with Crippen molar-refractivity contribution in [3.63, 3.8) is 0 Å². The highest BCUT2D eigenvalue weighted by atomic mass is 14.9. The van der Waals surface area contributed by atoms with Gasteiger partial charge in [-0.3, -0.25) is 0 Å². The molecular weight excluding hydrogens is 150 g/mol. The fourth-order valence-corrected chi connectivity index (χ4v) is 1.10. The van der Waals surface area contributed by atoms with E-state index in [1.165, 1.54) is 11.1 Å². The lowest BCUT2D eigenvalue weighted by Crippen LogP contribution is -2.07. The number of aryl methyl sites for hydroxylation is 1. The van der Waals surface area contributed by atoms with E-state index < -0.39 is 0 Å². The number of rotatable bonds is 3. The van der Waals surface area contributed by atoms with E-state index in [1.807, 2.05) is 26.4 Å². The average molecular weight is 165 g/mol. The molecule has 0 saturated heterocycles. The van der Waals surface area contributed by atoms with Gasteiger partial charge in [-0.1, -0.05) is 0 Å². The number of pyridine rings is 1. The number of nitrogens with one attached hydrogen (secondary N) is 2. The van der Waals surface area contributed by atoms with E-state index in [9.17, 15) is 0 Å². The van der Waals surface area contributed by atoms with Crippen molar-refractivity contribution >= 4 is 5.82 Å². The molecule has 0 bridgehead atoms. The third-order valence-electron chi connectivity index (χ3n) is 1.84. The van der Waals surface area contributed by atoms with Crippen LogP contribution in [0.5, 0.6) is 0 Å². The van der Waals surface area contributed by atoms with Gasteiger partial charge in [0.15, 0.2) is 0 Å². The molecule has 0 aliphatic heterocycles. The molecule has 12 heavy (non-hydrogen) atoms. The summed E-state index contributed by atoms with van der Waals surface area (Å²) in [6.45, 7) is 2.97. The van der Waals surface area contributed by atoms with Crippen LogP contribution in [-0.2, 0) is 6.54 Å². The fourth-order valence-electron chi connectivity index (χ4n) is 1.10. The first-order chi connectivity index (χ1) is 5.77. The highest BCUT2D eigenvalue weighted by molar-refractivity contribution is 5.39. The maximum absolute atomic E-state index is 4.23. The molecule has 0 atom stereocenters. The monoisotopic (exact) mass is 165 g/mol. The summed E-state index contributed by atoms with van der Waals surface area (Å²) < 4.78 is 0. The lowest BCUT2D eigenvalue weighted by Gasteiger charge is -2.06. The molecule has 0 fully saturated rings. The molecule has 0 aliphatic rings. The molecule has 1 aromatic heterocycles. The quantitative estimate of drug-likeness (QED) is 0.705. The second-order valence-electron chi connectivity index (χ2n) is 2.78. The van der Waals surface area contributed by atoms with Gasteiger partial charge in [-0.2, -0.15) is 0 Å². The van der Waals surface area contributed by atoms with Crippen molar-refractivity contribution in [2.45, 2.75) is 13.5 Å². The Balaban J connectivity index is 2.87. The summed E-state index contributed by atoms with van der Waals surface area (Å²) in [6.07, 6.45) is 1.90. The molecule has 1 aromatic rings. The van der Waals surface area contributed by atoms with Crippen LogP contribution in [0.15, 0.2) is 12.3 Å². The lowest BCUT2D eigenvalue weighted by molar-refractivity contribution is 0.807. The van der Waals surface area contributed by atoms with E-state index >= 15 is 0 Å². The second kappa shape index (κ2) is 4.07. The summed E-state index contributed by atoms with van der Waals surface area (Å²) in [6, 6.07) is 2.05. The maximum Gasteiger partial charge on any atom is 0.125 e. The molecule has 0 aromatic carbocycles. The summed E-state index contributed by atoms with van der Waals surface area (Å²) in [5.41, 5.74) is 2.51. The normalized spacial score (nSPS) is 9.92. The smallest absolute Gasteiger partial charge is 0.125 e. The number of aromatic nitrogens is 1. The zero-order chi connectivity index (χ0) is 8.97. The third-order valence-corrected chi connectivity index (χ3v) is 1.84. The Kier molecular flexibility index (Phi) is 3.05. The van der Waals surface area contributed by atoms with Gasteiger partial charge in [-0.05, 0) is 31.2 Å². The molecule has 0 aliphatic carbocycles. The first kappa shape index (κ1) is 9.00. The summed E-state index contributed by atoms with van der Waals surface area (Å²) in [7, 11) is 3.81. The predicted octanol–water partition coefficient (Wildman–Crippen LogP) is 1.15. The Morgan fingerprint density at radius 2 is 2.17 bits per heavy atom. The van der Waals surface area contributed by atoms with E-state index in [2.05, 4.69) is 22.5 Å². The number of anilines is 1. The highest BCUT2D eigenvalue weighted by Crippen LogP contribution is 2.10. The summed E-state index contributed by atoms with van der Waals surface area (Å²) in [5.74, 6) is 0.923. The van der Waals surface area contributed by atoms with Crippen molar-refractivity contribution < 1.29 is 0 Å². The van der Waals surface area contributed by atoms with Gasteiger partial charge in [0.1, 0.15) is 5.82 Å². The van der Waals surface area contributed by atoms with Crippen LogP contribution < -0.4 is 10.6 Å². The first-order valence-corrected chi connectivity index (χ1v) is 4.05. The minimum absolute atomic E-state index is 0.878. The van der Waals surface area contributed by atoms with Crippen molar-refractivity contribution in [2.24, 2.45) is 0 Å². The molecule has 3 nitrogen and oxygen atoms in total. The summed E-state index contributed by atoms with van der Waals surface area (Å²) in [4.78, 5) is 4.23. The van der Waals surface area contributed by atoms with Gasteiger partial charge in [0.25, 0.3) is 0 Å². The van der Waals surface area contributed by atoms with E-state index in [-0.39, 0.29) is 0 Å². The summed E-state index contributed by atoms with van der Waals surface area (Å²) >= 11 is 0. The molecule has 1 rings (SSSR count). The van der Waals surface area contributed by atoms with E-state index in [1.54, 1.807) is 0 Å². The van der Waals surface area contributed by atoms with Gasteiger partial charge in [-0.25, -0.2) is 4.98 Å². The maximum atomic E-state index is 4.23. The average Bonchev–Trinajstić information content (AvgIpc) is 2.09. The molecule has 66 valence electrons. The molecule has 0 saturated carbocycles. The van der Waals surface area contributed by atoms with E-state index in [4.69, 9.17) is 0 Å². The van der Waals surface area contributed by atoms with Gasteiger partial charge in [0, 0.05) is 19.8 Å². The molecule has 0 amide bonds. The van der Waals surface area contributed by atoms with Gasteiger partial charge < -0.3 is 10.6 Å². The number of hydrogen-bond acceptors (Lipinski definition) is 3. The van der Waals surface area contributed by atoms with Crippen LogP contribution in [0.1, 0.15) is 11.1 Å². The van der Waals surface area contributed by atoms with E-state index in [0.29, 0.717) is 0 Å². The Labute approximate surface area is 73.2 Å². The van der Waals surface area contributed by atoms with Gasteiger partial charge >= 0.3 is 0 Å². The molecule has 2 N–H and O–H groups in total. The number of hydrogen-bond donors (Lipinski definition) is 2. The van der Waals surface area contributed by atoms with Crippen molar-refractivity contribution in [1.29, 1.82) is 0 Å². The fraction of sp³-hybridized carbons (Fsp3) is 0.444. The Morgan fingerprint density at radius 3 is 2.67 bits per heavy atom. The van der Waals surface area contributed by atoms with Crippen LogP contribution >= 0.6 is 0 Å². The highest BCUT2D eigenvalue weighted by Gasteiger charge is 1.98. The van der Waals surface area contributed by atoms with Gasteiger partial charge in [0.2, 0.25) is 0 Å². The Bertz CT molecular complexity index is 258. The summed E-state index contributed by atoms with van der Waals surface area (Å²) in [5, 5.41) is 6.11. The van der Waals surface area contributed by atoms with Crippen LogP contribution in [0.3, 0.4) is 0 Å². The van der Waals surface area contributed by atoms with Crippen molar-refractivity contribution in [1.82, 2.24) is 10.3 Å². The Hall–Kier alpha value is -1.09. The first-order valence-electron chi connectivity index (χ1n) is 4.05. The van der Waals surface area contributed by atoms with Crippen LogP contribution in [0.2, 0.25) is 0 Å². The lowest BCUT2D eigenvalue weighted by atomic mass is 10.1. The zero-order valence-electron chi connectivity index (χ0n) is 7.81. The van der Waals surface area contributed by atoms with Crippen molar-refractivity contribution in [3.05, 3.63) is 23.4 Å².